The molecular formula is C20H13Cl2F3N2O2S. The Labute approximate surface area is 184 Å². The monoisotopic (exact) mass is 472 g/mol. The predicted molar refractivity (Wildman–Crippen MR) is 114 cm³/mol. The smallest absolute Gasteiger partial charge is 0.418 e. The number of aliphatic carboxylic acids is 1. The maximum Gasteiger partial charge on any atom is 0.418 e. The molecule has 3 aromatic rings. The second-order valence-electron chi connectivity index (χ2n) is 6.44. The molecule has 0 saturated carbocycles. The number of para-hydroxylation sites is 1. The molecule has 0 spiro atoms. The van der Waals surface area contributed by atoms with E-state index in [-0.39, 0.29) is 37.2 Å². The van der Waals surface area contributed by atoms with Crippen LogP contribution in [0.1, 0.15) is 11.1 Å². The number of carbonyl (C=O) groups is 1. The Balaban J connectivity index is 2.32. The number of hydrogen-bond acceptors (Lipinski definition) is 3. The normalized spacial score (nSPS) is 11.5. The zero-order valence-corrected chi connectivity index (χ0v) is 17.6. The Morgan fingerprint density at radius 3 is 2.47 bits per heavy atom. The zero-order chi connectivity index (χ0) is 22.2. The van der Waals surface area contributed by atoms with Crippen LogP contribution in [0.5, 0.6) is 0 Å². The molecule has 2 aromatic carbocycles. The van der Waals surface area contributed by atoms with Gasteiger partial charge >= 0.3 is 12.1 Å². The molecule has 10 heteroatoms. The van der Waals surface area contributed by atoms with E-state index in [2.05, 4.69) is 4.98 Å². The molecule has 0 radical (unpaired) electrons. The highest BCUT2D eigenvalue weighted by molar-refractivity contribution is 7.80. The van der Waals surface area contributed by atoms with Crippen LogP contribution >= 0.6 is 35.4 Å². The summed E-state index contributed by atoms with van der Waals surface area (Å²) in [5.41, 5.74) is -0.334. The molecule has 1 N–H and O–H groups in total. The molecule has 0 aliphatic carbocycles. The fourth-order valence-corrected chi connectivity index (χ4v) is 3.47. The highest BCUT2D eigenvalue weighted by Crippen LogP contribution is 2.37. The third kappa shape index (κ3) is 4.50. The van der Waals surface area contributed by atoms with E-state index >= 15 is 0 Å². The van der Waals surface area contributed by atoms with Crippen LogP contribution in [-0.2, 0) is 11.0 Å². The lowest BCUT2D eigenvalue weighted by Gasteiger charge is -2.21. The van der Waals surface area contributed by atoms with Crippen LogP contribution in [0.4, 0.5) is 13.2 Å². The van der Waals surface area contributed by atoms with Gasteiger partial charge in [-0.25, -0.2) is 4.98 Å². The van der Waals surface area contributed by atoms with E-state index in [0.29, 0.717) is 5.56 Å². The summed E-state index contributed by atoms with van der Waals surface area (Å²) in [4.78, 5) is 16.6. The van der Waals surface area contributed by atoms with Gasteiger partial charge in [-0.1, -0.05) is 53.6 Å². The van der Waals surface area contributed by atoms with Crippen molar-refractivity contribution in [1.29, 1.82) is 0 Å². The lowest BCUT2D eigenvalue weighted by Crippen LogP contribution is -2.31. The fraction of sp³-hybridized carbons (Fsp3) is 0.150. The minimum Gasteiger partial charge on any atom is -0.480 e. The fourth-order valence-electron chi connectivity index (χ4n) is 2.94. The van der Waals surface area contributed by atoms with Crippen molar-refractivity contribution >= 4 is 57.3 Å². The summed E-state index contributed by atoms with van der Waals surface area (Å²) in [7, 11) is 1.45. The first-order chi connectivity index (χ1) is 14.0. The Bertz CT molecular complexity index is 1170. The number of carboxylic acids is 1. The minimum absolute atomic E-state index is 0.0745. The van der Waals surface area contributed by atoms with Crippen LogP contribution in [0.2, 0.25) is 10.0 Å². The molecule has 0 fully saturated rings. The minimum atomic E-state index is -4.64. The van der Waals surface area contributed by atoms with Gasteiger partial charge in [0.1, 0.15) is 11.5 Å². The van der Waals surface area contributed by atoms with Crippen LogP contribution in [0.3, 0.4) is 0 Å². The van der Waals surface area contributed by atoms with E-state index in [1.807, 2.05) is 0 Å². The number of alkyl halides is 3. The molecule has 0 saturated heterocycles. The van der Waals surface area contributed by atoms with Crippen molar-refractivity contribution in [3.63, 3.8) is 0 Å². The first kappa shape index (κ1) is 22.3. The van der Waals surface area contributed by atoms with E-state index in [0.717, 1.165) is 6.07 Å². The largest absolute Gasteiger partial charge is 0.480 e. The van der Waals surface area contributed by atoms with Gasteiger partial charge in [0, 0.05) is 23.6 Å². The van der Waals surface area contributed by atoms with Crippen LogP contribution < -0.4 is 0 Å². The van der Waals surface area contributed by atoms with Gasteiger partial charge in [-0.05, 0) is 24.3 Å². The van der Waals surface area contributed by atoms with Gasteiger partial charge in [0.05, 0.1) is 26.8 Å². The average molecular weight is 473 g/mol. The van der Waals surface area contributed by atoms with Crippen LogP contribution in [-0.4, -0.2) is 39.5 Å². The predicted octanol–water partition coefficient (Wildman–Crippen LogP) is 5.92. The number of rotatable bonds is 4. The van der Waals surface area contributed by atoms with Crippen molar-refractivity contribution in [3.05, 3.63) is 63.6 Å². The van der Waals surface area contributed by atoms with Crippen molar-refractivity contribution in [1.82, 2.24) is 9.88 Å². The SMILES string of the molecule is CN(CC(=O)O)C(=S)c1cc(-c2ccc(Cl)c(Cl)c2)nc2c(C(F)(F)F)cccc12. The van der Waals surface area contributed by atoms with Gasteiger partial charge in [0.2, 0.25) is 0 Å². The number of halogens is 5. The summed E-state index contributed by atoms with van der Waals surface area (Å²) in [5.74, 6) is -1.13. The number of pyridine rings is 1. The Morgan fingerprint density at radius 1 is 1.17 bits per heavy atom. The van der Waals surface area contributed by atoms with E-state index in [9.17, 15) is 18.0 Å². The average Bonchev–Trinajstić information content (AvgIpc) is 2.66. The van der Waals surface area contributed by atoms with Crippen LogP contribution in [0.25, 0.3) is 22.2 Å². The molecule has 1 heterocycles. The third-order valence-corrected chi connectivity index (χ3v) is 5.58. The number of nitrogens with zero attached hydrogens (tertiary/aromatic N) is 2. The first-order valence-corrected chi connectivity index (χ1v) is 9.59. The van der Waals surface area contributed by atoms with Gasteiger partial charge in [0.15, 0.2) is 0 Å². The van der Waals surface area contributed by atoms with Gasteiger partial charge in [-0.3, -0.25) is 4.79 Å². The zero-order valence-electron chi connectivity index (χ0n) is 15.3. The number of thiocarbonyl (C=S) groups is 1. The molecule has 0 atom stereocenters. The summed E-state index contributed by atoms with van der Waals surface area (Å²) in [6.45, 7) is -0.413. The number of aromatic nitrogens is 1. The number of likely N-dealkylation sites (N-methyl/N-ethyl adjacent to an activating group) is 1. The maximum atomic E-state index is 13.6. The van der Waals surface area contributed by atoms with Crippen molar-refractivity contribution in [3.8, 4) is 11.3 Å². The lowest BCUT2D eigenvalue weighted by molar-refractivity contribution is -0.137. The summed E-state index contributed by atoms with van der Waals surface area (Å²) in [6.07, 6.45) is -4.64. The Morgan fingerprint density at radius 2 is 1.87 bits per heavy atom. The molecule has 0 unspecified atom stereocenters. The molecule has 0 amide bonds. The van der Waals surface area contributed by atoms with Gasteiger partial charge in [-0.2, -0.15) is 13.2 Å². The Hall–Kier alpha value is -2.42. The van der Waals surface area contributed by atoms with Crippen molar-refractivity contribution in [2.45, 2.75) is 6.18 Å². The second kappa shape index (κ2) is 8.37. The number of carboxylic acid groups (broad SMARTS) is 1. The molecule has 0 aliphatic rings. The topological polar surface area (TPSA) is 53.4 Å². The van der Waals surface area contributed by atoms with Crippen LogP contribution in [0.15, 0.2) is 42.5 Å². The highest BCUT2D eigenvalue weighted by atomic mass is 35.5. The first-order valence-electron chi connectivity index (χ1n) is 8.42. The number of benzene rings is 2. The molecule has 0 aliphatic heterocycles. The molecule has 4 nitrogen and oxygen atoms in total. The van der Waals surface area contributed by atoms with Gasteiger partial charge < -0.3 is 10.0 Å². The quantitative estimate of drug-likeness (QED) is 0.477. The third-order valence-electron chi connectivity index (χ3n) is 4.31. The summed E-state index contributed by atoms with van der Waals surface area (Å²) in [5, 5.41) is 9.71. The molecule has 30 heavy (non-hydrogen) atoms. The number of hydrogen-bond donors (Lipinski definition) is 1. The molecule has 0 bridgehead atoms. The van der Waals surface area contributed by atoms with Gasteiger partial charge in [-0.15, -0.1) is 0 Å². The summed E-state index contributed by atoms with van der Waals surface area (Å²) >= 11 is 17.4. The summed E-state index contributed by atoms with van der Waals surface area (Å²) < 4.78 is 40.9. The van der Waals surface area contributed by atoms with Crippen molar-refractivity contribution in [2.24, 2.45) is 0 Å². The lowest BCUT2D eigenvalue weighted by atomic mass is 10.0. The van der Waals surface area contributed by atoms with Crippen molar-refractivity contribution in [2.75, 3.05) is 13.6 Å². The van der Waals surface area contributed by atoms with E-state index < -0.39 is 24.3 Å². The molecular weight excluding hydrogens is 460 g/mol. The molecule has 156 valence electrons. The second-order valence-corrected chi connectivity index (χ2v) is 7.64. The number of fused-ring (bicyclic) bond motifs is 1. The standard InChI is InChI=1S/C20H13Cl2F3N2O2S/c1-27(9-17(28)29)19(30)12-8-16(10-5-6-14(21)15(22)7-10)26-18-11(12)3-2-4-13(18)20(23,24)25/h2-8H,9H2,1H3,(H,28,29). The molecule has 3 rings (SSSR count). The summed E-state index contributed by atoms with van der Waals surface area (Å²) in [6, 6.07) is 9.75. The maximum absolute atomic E-state index is 13.6. The van der Waals surface area contributed by atoms with Crippen molar-refractivity contribution < 1.29 is 23.1 Å². The van der Waals surface area contributed by atoms with Crippen LogP contribution in [0, 0.1) is 0 Å². The van der Waals surface area contributed by atoms with E-state index in [1.165, 1.54) is 42.3 Å². The van der Waals surface area contributed by atoms with Gasteiger partial charge in [0.25, 0.3) is 0 Å². The molecule has 1 aromatic heterocycles. The van der Waals surface area contributed by atoms with E-state index in [1.54, 1.807) is 6.07 Å². The highest BCUT2D eigenvalue weighted by Gasteiger charge is 2.34. The van der Waals surface area contributed by atoms with E-state index in [4.69, 9.17) is 40.5 Å². The Kier molecular flexibility index (Phi) is 6.21.